The molecule has 1 N–H and O–H groups in total. The number of hydrogen-bond donors (Lipinski definition) is 1. The Labute approximate surface area is 126 Å². The van der Waals surface area contributed by atoms with Gasteiger partial charge in [0.1, 0.15) is 11.6 Å². The first-order chi connectivity index (χ1) is 10.1. The second-order valence-corrected chi connectivity index (χ2v) is 4.53. The summed E-state index contributed by atoms with van der Waals surface area (Å²) in [4.78, 5) is 11.8. The van der Waals surface area contributed by atoms with Crippen LogP contribution in [0.2, 0.25) is 5.02 Å². The maximum atomic E-state index is 13.0. The summed E-state index contributed by atoms with van der Waals surface area (Å²) in [6.07, 6.45) is 1.40. The van der Waals surface area contributed by atoms with E-state index < -0.39 is 11.7 Å². The lowest BCUT2D eigenvalue weighted by molar-refractivity contribution is 0.0954. The van der Waals surface area contributed by atoms with Crippen molar-refractivity contribution in [1.82, 2.24) is 5.43 Å². The number of halogens is 2. The lowest BCUT2D eigenvalue weighted by atomic mass is 10.2. The number of nitrogens with one attached hydrogen (secondary N) is 1. The number of ether oxygens (including phenoxy) is 1. The zero-order chi connectivity index (χ0) is 15.2. The number of nitrogens with zero attached hydrogens (tertiary/aromatic N) is 1. The first-order valence-electron chi connectivity index (χ1n) is 6.02. The Hall–Kier alpha value is -2.40. The van der Waals surface area contributed by atoms with E-state index in [4.69, 9.17) is 16.3 Å². The molecule has 0 saturated heterocycles. The third-order valence-electron chi connectivity index (χ3n) is 2.65. The Bertz CT molecular complexity index is 689. The first kappa shape index (κ1) is 15.0. The summed E-state index contributed by atoms with van der Waals surface area (Å²) >= 11 is 5.88. The minimum atomic E-state index is -0.508. The van der Waals surface area contributed by atoms with Crippen LogP contribution >= 0.6 is 11.6 Å². The molecule has 2 rings (SSSR count). The molecule has 0 saturated carbocycles. The van der Waals surface area contributed by atoms with Crippen molar-refractivity contribution in [2.75, 3.05) is 7.11 Å². The highest BCUT2D eigenvalue weighted by Gasteiger charge is 2.05. The van der Waals surface area contributed by atoms with Gasteiger partial charge >= 0.3 is 0 Å². The van der Waals surface area contributed by atoms with Crippen LogP contribution in [0.1, 0.15) is 15.9 Å². The van der Waals surface area contributed by atoms with Crippen LogP contribution in [0, 0.1) is 5.82 Å². The summed E-state index contributed by atoms with van der Waals surface area (Å²) in [5.41, 5.74) is 3.11. The summed E-state index contributed by atoms with van der Waals surface area (Å²) in [5, 5.41) is 4.33. The van der Waals surface area contributed by atoms with E-state index in [0.29, 0.717) is 16.3 Å². The highest BCUT2D eigenvalue weighted by atomic mass is 35.5. The number of amides is 1. The largest absolute Gasteiger partial charge is 0.496 e. The molecular formula is C15H12ClFN2O2. The van der Waals surface area contributed by atoms with Gasteiger partial charge in [-0.15, -0.1) is 0 Å². The molecule has 0 bridgehead atoms. The molecule has 1 amide bonds. The van der Waals surface area contributed by atoms with Crippen molar-refractivity contribution in [3.05, 3.63) is 64.4 Å². The van der Waals surface area contributed by atoms with Crippen LogP contribution in [-0.4, -0.2) is 19.2 Å². The van der Waals surface area contributed by atoms with E-state index in [1.165, 1.54) is 31.5 Å². The molecule has 0 spiro atoms. The molecule has 2 aromatic rings. The number of carbonyl (C=O) groups excluding carboxylic acids is 1. The minimum absolute atomic E-state index is 0.185. The van der Waals surface area contributed by atoms with E-state index in [2.05, 4.69) is 10.5 Å². The van der Waals surface area contributed by atoms with Gasteiger partial charge in [-0.3, -0.25) is 4.79 Å². The van der Waals surface area contributed by atoms with Gasteiger partial charge in [0.15, 0.2) is 0 Å². The van der Waals surface area contributed by atoms with E-state index in [-0.39, 0.29) is 5.56 Å². The first-order valence-corrected chi connectivity index (χ1v) is 6.40. The van der Waals surface area contributed by atoms with Gasteiger partial charge in [-0.25, -0.2) is 9.82 Å². The number of benzene rings is 2. The quantitative estimate of drug-likeness (QED) is 0.696. The van der Waals surface area contributed by atoms with Gasteiger partial charge in [-0.05, 0) is 36.4 Å². The smallest absolute Gasteiger partial charge is 0.271 e. The predicted molar refractivity (Wildman–Crippen MR) is 79.5 cm³/mol. The Balaban J connectivity index is 2.09. The molecule has 0 aliphatic heterocycles. The Morgan fingerprint density at radius 1 is 1.33 bits per heavy atom. The van der Waals surface area contributed by atoms with Crippen molar-refractivity contribution in [2.24, 2.45) is 5.10 Å². The fourth-order valence-corrected chi connectivity index (χ4v) is 1.84. The predicted octanol–water partition coefficient (Wildman–Crippen LogP) is 3.25. The lowest BCUT2D eigenvalue weighted by Crippen LogP contribution is -2.17. The van der Waals surface area contributed by atoms with Crippen molar-refractivity contribution in [1.29, 1.82) is 0 Å². The maximum absolute atomic E-state index is 13.0. The number of methoxy groups -OCH3 is 1. The van der Waals surface area contributed by atoms with Crippen LogP contribution in [0.25, 0.3) is 0 Å². The summed E-state index contributed by atoms with van der Waals surface area (Å²) in [5.74, 6) is -0.418. The molecule has 0 fully saturated rings. The zero-order valence-corrected chi connectivity index (χ0v) is 11.9. The third kappa shape index (κ3) is 4.03. The summed E-state index contributed by atoms with van der Waals surface area (Å²) in [7, 11) is 1.52. The molecule has 108 valence electrons. The highest BCUT2D eigenvalue weighted by Crippen LogP contribution is 2.20. The van der Waals surface area contributed by atoms with Gasteiger partial charge in [-0.1, -0.05) is 17.7 Å². The zero-order valence-electron chi connectivity index (χ0n) is 11.1. The second kappa shape index (κ2) is 6.85. The molecule has 0 heterocycles. The van der Waals surface area contributed by atoms with E-state index >= 15 is 0 Å². The van der Waals surface area contributed by atoms with Crippen LogP contribution in [0.15, 0.2) is 47.6 Å². The van der Waals surface area contributed by atoms with Gasteiger partial charge in [0.05, 0.1) is 13.3 Å². The Morgan fingerprint density at radius 2 is 2.14 bits per heavy atom. The summed E-state index contributed by atoms with van der Waals surface area (Å²) in [6, 6.07) is 10.4. The summed E-state index contributed by atoms with van der Waals surface area (Å²) in [6.45, 7) is 0. The molecule has 4 nitrogen and oxygen atoms in total. The van der Waals surface area contributed by atoms with Gasteiger partial charge in [-0.2, -0.15) is 5.10 Å². The van der Waals surface area contributed by atoms with E-state index in [1.54, 1.807) is 18.2 Å². The van der Waals surface area contributed by atoms with Crippen LogP contribution in [0.4, 0.5) is 4.39 Å². The van der Waals surface area contributed by atoms with Gasteiger partial charge < -0.3 is 4.74 Å². The Kier molecular flexibility index (Phi) is 4.90. The molecule has 21 heavy (non-hydrogen) atoms. The molecular weight excluding hydrogens is 295 g/mol. The Morgan fingerprint density at radius 3 is 2.86 bits per heavy atom. The van der Waals surface area contributed by atoms with Crippen LogP contribution in [0.3, 0.4) is 0 Å². The standard InChI is InChI=1S/C15H12ClFN2O2/c1-21-14-6-5-12(16)7-11(14)9-18-19-15(20)10-3-2-4-13(17)8-10/h2-9H,1H3,(H,19,20). The average Bonchev–Trinajstić information content (AvgIpc) is 2.47. The topological polar surface area (TPSA) is 50.7 Å². The molecule has 0 atom stereocenters. The lowest BCUT2D eigenvalue weighted by Gasteiger charge is -2.04. The summed E-state index contributed by atoms with van der Waals surface area (Å²) < 4.78 is 18.2. The molecule has 2 aromatic carbocycles. The van der Waals surface area contributed by atoms with Crippen molar-refractivity contribution >= 4 is 23.7 Å². The van der Waals surface area contributed by atoms with Gasteiger partial charge in [0, 0.05) is 16.1 Å². The van der Waals surface area contributed by atoms with Crippen LogP contribution < -0.4 is 10.2 Å². The van der Waals surface area contributed by atoms with Gasteiger partial charge in [0.25, 0.3) is 5.91 Å². The normalized spacial score (nSPS) is 10.6. The SMILES string of the molecule is COc1ccc(Cl)cc1C=NNC(=O)c1cccc(F)c1. The second-order valence-electron chi connectivity index (χ2n) is 4.10. The fraction of sp³-hybridized carbons (Fsp3) is 0.0667. The molecule has 0 unspecified atom stereocenters. The third-order valence-corrected chi connectivity index (χ3v) is 2.88. The fourth-order valence-electron chi connectivity index (χ4n) is 1.66. The minimum Gasteiger partial charge on any atom is -0.496 e. The maximum Gasteiger partial charge on any atom is 0.271 e. The average molecular weight is 307 g/mol. The molecule has 0 radical (unpaired) electrons. The van der Waals surface area contributed by atoms with Crippen molar-refractivity contribution < 1.29 is 13.9 Å². The van der Waals surface area contributed by atoms with Crippen molar-refractivity contribution in [3.8, 4) is 5.75 Å². The number of rotatable bonds is 4. The molecule has 0 aromatic heterocycles. The molecule has 6 heteroatoms. The van der Waals surface area contributed by atoms with E-state index in [1.807, 2.05) is 0 Å². The molecule has 0 aliphatic rings. The monoisotopic (exact) mass is 306 g/mol. The van der Waals surface area contributed by atoms with Crippen LogP contribution in [0.5, 0.6) is 5.75 Å². The van der Waals surface area contributed by atoms with E-state index in [0.717, 1.165) is 6.07 Å². The molecule has 0 aliphatic carbocycles. The van der Waals surface area contributed by atoms with Gasteiger partial charge in [0.2, 0.25) is 0 Å². The van der Waals surface area contributed by atoms with Crippen molar-refractivity contribution in [3.63, 3.8) is 0 Å². The van der Waals surface area contributed by atoms with Crippen LogP contribution in [-0.2, 0) is 0 Å². The highest BCUT2D eigenvalue weighted by molar-refractivity contribution is 6.30. The van der Waals surface area contributed by atoms with E-state index in [9.17, 15) is 9.18 Å². The number of carbonyl (C=O) groups is 1. The number of hydrazone groups is 1. The number of hydrogen-bond acceptors (Lipinski definition) is 3. The van der Waals surface area contributed by atoms with Crippen molar-refractivity contribution in [2.45, 2.75) is 0 Å².